The third-order valence-corrected chi connectivity index (χ3v) is 3.38. The van der Waals surface area contributed by atoms with Crippen molar-refractivity contribution >= 4 is 0 Å². The number of methoxy groups -OCH3 is 2. The van der Waals surface area contributed by atoms with Gasteiger partial charge in [0.15, 0.2) is 11.5 Å². The maximum absolute atomic E-state index is 5.35. The molecular weight excluding hydrogens is 264 g/mol. The third kappa shape index (κ3) is 6.36. The van der Waals surface area contributed by atoms with Crippen LogP contribution < -0.4 is 14.8 Å². The molecule has 1 aromatic carbocycles. The summed E-state index contributed by atoms with van der Waals surface area (Å²) in [6.45, 7) is 6.42. The molecule has 120 valence electrons. The molecular formula is C17H30N2O2. The molecule has 0 heterocycles. The van der Waals surface area contributed by atoms with Gasteiger partial charge in [0.05, 0.1) is 14.2 Å². The Hall–Kier alpha value is -1.26. The van der Waals surface area contributed by atoms with Crippen molar-refractivity contribution in [1.29, 1.82) is 0 Å². The van der Waals surface area contributed by atoms with Crippen LogP contribution in [-0.2, 0) is 6.54 Å². The minimum Gasteiger partial charge on any atom is -0.493 e. The van der Waals surface area contributed by atoms with Crippen molar-refractivity contribution in [3.63, 3.8) is 0 Å². The molecule has 0 bridgehead atoms. The lowest BCUT2D eigenvalue weighted by Crippen LogP contribution is -2.38. The molecule has 0 aliphatic carbocycles. The Morgan fingerprint density at radius 1 is 1.10 bits per heavy atom. The molecule has 0 radical (unpaired) electrons. The number of nitrogens with zero attached hydrogens (tertiary/aromatic N) is 1. The minimum absolute atomic E-state index is 0.494. The summed E-state index contributed by atoms with van der Waals surface area (Å²) < 4.78 is 10.6. The smallest absolute Gasteiger partial charge is 0.161 e. The van der Waals surface area contributed by atoms with Crippen LogP contribution in [0.25, 0.3) is 0 Å². The Morgan fingerprint density at radius 2 is 1.76 bits per heavy atom. The second-order valence-corrected chi connectivity index (χ2v) is 6.16. The van der Waals surface area contributed by atoms with Crippen LogP contribution in [-0.4, -0.2) is 45.8 Å². The van der Waals surface area contributed by atoms with E-state index < -0.39 is 0 Å². The van der Waals surface area contributed by atoms with E-state index in [9.17, 15) is 0 Å². The predicted molar refractivity (Wildman–Crippen MR) is 88.2 cm³/mol. The molecule has 0 aromatic heterocycles. The van der Waals surface area contributed by atoms with Gasteiger partial charge < -0.3 is 19.7 Å². The Bertz CT molecular complexity index is 409. The zero-order valence-corrected chi connectivity index (χ0v) is 14.3. The highest BCUT2D eigenvalue weighted by Crippen LogP contribution is 2.27. The fourth-order valence-electron chi connectivity index (χ4n) is 2.49. The minimum atomic E-state index is 0.494. The summed E-state index contributed by atoms with van der Waals surface area (Å²) in [5.74, 6) is 2.24. The summed E-state index contributed by atoms with van der Waals surface area (Å²) in [5, 5.41) is 3.65. The van der Waals surface area contributed by atoms with Crippen molar-refractivity contribution in [1.82, 2.24) is 10.2 Å². The number of ether oxygens (including phenoxy) is 2. The number of hydrogen-bond donors (Lipinski definition) is 1. The molecule has 0 aliphatic heterocycles. The van der Waals surface area contributed by atoms with Crippen molar-refractivity contribution in [2.45, 2.75) is 32.9 Å². The molecule has 1 unspecified atom stereocenters. The molecule has 0 spiro atoms. The van der Waals surface area contributed by atoms with Gasteiger partial charge in [0, 0.05) is 19.1 Å². The number of likely N-dealkylation sites (N-methyl/N-ethyl adjacent to an activating group) is 1. The maximum atomic E-state index is 5.35. The highest BCUT2D eigenvalue weighted by atomic mass is 16.5. The number of rotatable bonds is 9. The van der Waals surface area contributed by atoms with Crippen molar-refractivity contribution in [3.05, 3.63) is 23.8 Å². The lowest BCUT2D eigenvalue weighted by atomic mass is 10.0. The molecule has 4 nitrogen and oxygen atoms in total. The summed E-state index contributed by atoms with van der Waals surface area (Å²) >= 11 is 0. The van der Waals surface area contributed by atoms with Gasteiger partial charge in [-0.2, -0.15) is 0 Å². The van der Waals surface area contributed by atoms with E-state index in [4.69, 9.17) is 9.47 Å². The normalized spacial score (nSPS) is 12.8. The molecule has 1 aromatic rings. The van der Waals surface area contributed by atoms with Gasteiger partial charge >= 0.3 is 0 Å². The first-order chi connectivity index (χ1) is 9.96. The van der Waals surface area contributed by atoms with Crippen molar-refractivity contribution in [2.24, 2.45) is 5.92 Å². The summed E-state index contributed by atoms with van der Waals surface area (Å²) in [5.41, 5.74) is 1.21. The van der Waals surface area contributed by atoms with Gasteiger partial charge in [0.2, 0.25) is 0 Å². The monoisotopic (exact) mass is 294 g/mol. The molecule has 0 saturated heterocycles. The van der Waals surface area contributed by atoms with Gasteiger partial charge in [-0.15, -0.1) is 0 Å². The van der Waals surface area contributed by atoms with Crippen LogP contribution in [0.5, 0.6) is 11.5 Å². The first-order valence-corrected chi connectivity index (χ1v) is 7.55. The predicted octanol–water partition coefficient (Wildman–Crippen LogP) is 2.77. The topological polar surface area (TPSA) is 33.7 Å². The Balaban J connectivity index is 2.66. The number of benzene rings is 1. The Labute approximate surface area is 129 Å². The van der Waals surface area contributed by atoms with Crippen LogP contribution >= 0.6 is 0 Å². The van der Waals surface area contributed by atoms with Gasteiger partial charge in [0.25, 0.3) is 0 Å². The highest BCUT2D eigenvalue weighted by Gasteiger charge is 2.12. The summed E-state index contributed by atoms with van der Waals surface area (Å²) in [6, 6.07) is 6.57. The van der Waals surface area contributed by atoms with Gasteiger partial charge in [-0.1, -0.05) is 19.9 Å². The van der Waals surface area contributed by atoms with Crippen LogP contribution in [0.4, 0.5) is 0 Å². The van der Waals surface area contributed by atoms with Gasteiger partial charge in [-0.05, 0) is 44.1 Å². The highest BCUT2D eigenvalue weighted by molar-refractivity contribution is 5.42. The van der Waals surface area contributed by atoms with Crippen LogP contribution in [0.1, 0.15) is 25.8 Å². The average Bonchev–Trinajstić information content (AvgIpc) is 2.43. The molecule has 0 saturated carbocycles. The van der Waals surface area contributed by atoms with E-state index in [1.807, 2.05) is 12.1 Å². The van der Waals surface area contributed by atoms with Crippen LogP contribution in [0, 0.1) is 5.92 Å². The fourth-order valence-corrected chi connectivity index (χ4v) is 2.49. The van der Waals surface area contributed by atoms with Crippen LogP contribution in [0.2, 0.25) is 0 Å². The van der Waals surface area contributed by atoms with E-state index in [0.717, 1.165) is 24.6 Å². The van der Waals surface area contributed by atoms with Gasteiger partial charge in [-0.3, -0.25) is 0 Å². The molecule has 0 fully saturated rings. The fraction of sp³-hybridized carbons (Fsp3) is 0.647. The van der Waals surface area contributed by atoms with E-state index in [1.54, 1.807) is 14.2 Å². The summed E-state index contributed by atoms with van der Waals surface area (Å²) in [7, 11) is 7.56. The SMILES string of the molecule is COc1ccc(CNC(CC(C)C)CN(C)C)cc1OC. The molecule has 1 rings (SSSR count). The van der Waals surface area contributed by atoms with E-state index in [2.05, 4.69) is 44.2 Å². The van der Waals surface area contributed by atoms with E-state index in [-0.39, 0.29) is 0 Å². The molecule has 21 heavy (non-hydrogen) atoms. The second-order valence-electron chi connectivity index (χ2n) is 6.16. The maximum Gasteiger partial charge on any atom is 0.161 e. The zero-order valence-electron chi connectivity index (χ0n) is 14.3. The summed E-state index contributed by atoms with van der Waals surface area (Å²) in [6.07, 6.45) is 1.17. The summed E-state index contributed by atoms with van der Waals surface area (Å²) in [4.78, 5) is 2.23. The molecule has 4 heteroatoms. The lowest BCUT2D eigenvalue weighted by Gasteiger charge is -2.24. The first-order valence-electron chi connectivity index (χ1n) is 7.55. The molecule has 1 atom stereocenters. The average molecular weight is 294 g/mol. The number of hydrogen-bond acceptors (Lipinski definition) is 4. The van der Waals surface area contributed by atoms with Crippen molar-refractivity contribution in [2.75, 3.05) is 34.9 Å². The second kappa shape index (κ2) is 8.90. The van der Waals surface area contributed by atoms with E-state index >= 15 is 0 Å². The van der Waals surface area contributed by atoms with Gasteiger partial charge in [0.1, 0.15) is 0 Å². The van der Waals surface area contributed by atoms with Crippen molar-refractivity contribution in [3.8, 4) is 11.5 Å². The van der Waals surface area contributed by atoms with E-state index in [1.165, 1.54) is 12.0 Å². The largest absolute Gasteiger partial charge is 0.493 e. The van der Waals surface area contributed by atoms with Crippen LogP contribution in [0.15, 0.2) is 18.2 Å². The Kier molecular flexibility index (Phi) is 7.54. The lowest BCUT2D eigenvalue weighted by molar-refractivity contribution is 0.304. The Morgan fingerprint density at radius 3 is 2.29 bits per heavy atom. The third-order valence-electron chi connectivity index (χ3n) is 3.38. The van der Waals surface area contributed by atoms with Crippen molar-refractivity contribution < 1.29 is 9.47 Å². The van der Waals surface area contributed by atoms with E-state index in [0.29, 0.717) is 12.0 Å². The molecule has 0 aliphatic rings. The molecule has 1 N–H and O–H groups in total. The first kappa shape index (κ1) is 17.8. The molecule has 0 amide bonds. The van der Waals surface area contributed by atoms with Crippen LogP contribution in [0.3, 0.4) is 0 Å². The quantitative estimate of drug-likeness (QED) is 0.759. The van der Waals surface area contributed by atoms with Gasteiger partial charge in [-0.25, -0.2) is 0 Å². The zero-order chi connectivity index (χ0) is 15.8. The number of nitrogens with one attached hydrogen (secondary N) is 1. The standard InChI is InChI=1S/C17H30N2O2/c1-13(2)9-15(12-19(3)4)18-11-14-7-8-16(20-5)17(10-14)21-6/h7-8,10,13,15,18H,9,11-12H2,1-6H3.